The highest BCUT2D eigenvalue weighted by Gasteiger charge is 2.39. The van der Waals surface area contributed by atoms with Crippen LogP contribution in [0.5, 0.6) is 11.5 Å². The third-order valence-corrected chi connectivity index (χ3v) is 6.12. The lowest BCUT2D eigenvalue weighted by Crippen LogP contribution is -2.30. The molecule has 0 spiro atoms. The summed E-state index contributed by atoms with van der Waals surface area (Å²) in [5.41, 5.74) is 7.19. The average Bonchev–Trinajstić information content (AvgIpc) is 3.06. The molecule has 5 heteroatoms. The standard InChI is InChI=1S/C28H33NO4/c1-8-32-22-14-20-15-27(3,4)29-25(24(20)21-16-28(5,6)33-26(21)22)19-10-9-18(17(2)13-19)11-12-23(30)31-7/h9-14H,8,15-16H2,1-7H3/b12-11+. The third kappa shape index (κ3) is 4.54. The number of hydrogen-bond donors (Lipinski definition) is 0. The Morgan fingerprint density at radius 1 is 1.18 bits per heavy atom. The first kappa shape index (κ1) is 23.1. The number of rotatable bonds is 5. The summed E-state index contributed by atoms with van der Waals surface area (Å²) in [6, 6.07) is 8.40. The van der Waals surface area contributed by atoms with Gasteiger partial charge in [0.15, 0.2) is 11.5 Å². The molecule has 0 aromatic heterocycles. The first-order chi connectivity index (χ1) is 15.5. The minimum absolute atomic E-state index is 0.230. The molecule has 174 valence electrons. The molecule has 2 heterocycles. The predicted molar refractivity (Wildman–Crippen MR) is 132 cm³/mol. The van der Waals surface area contributed by atoms with Crippen LogP contribution in [-0.2, 0) is 22.4 Å². The van der Waals surface area contributed by atoms with Crippen molar-refractivity contribution < 1.29 is 19.0 Å². The summed E-state index contributed by atoms with van der Waals surface area (Å²) in [6.07, 6.45) is 4.89. The summed E-state index contributed by atoms with van der Waals surface area (Å²) in [7, 11) is 1.38. The van der Waals surface area contributed by atoms with Crippen LogP contribution in [0.25, 0.3) is 6.08 Å². The maximum Gasteiger partial charge on any atom is 0.330 e. The fraction of sp³-hybridized carbons (Fsp3) is 0.429. The van der Waals surface area contributed by atoms with E-state index in [0.717, 1.165) is 46.7 Å². The molecule has 0 unspecified atom stereocenters. The highest BCUT2D eigenvalue weighted by molar-refractivity contribution is 6.16. The molecular formula is C28H33NO4. The van der Waals surface area contributed by atoms with Gasteiger partial charge in [-0.05, 0) is 82.9 Å². The molecule has 0 aliphatic carbocycles. The lowest BCUT2D eigenvalue weighted by Gasteiger charge is -2.31. The summed E-state index contributed by atoms with van der Waals surface area (Å²) in [5.74, 6) is 1.31. The van der Waals surface area contributed by atoms with Crippen molar-refractivity contribution in [2.45, 2.75) is 65.5 Å². The van der Waals surface area contributed by atoms with E-state index in [1.807, 2.05) is 19.9 Å². The zero-order chi connectivity index (χ0) is 24.0. The van der Waals surface area contributed by atoms with Crippen LogP contribution < -0.4 is 9.47 Å². The quantitative estimate of drug-likeness (QED) is 0.451. The van der Waals surface area contributed by atoms with Gasteiger partial charge in [-0.25, -0.2) is 4.79 Å². The van der Waals surface area contributed by atoms with Gasteiger partial charge in [0, 0.05) is 29.2 Å². The number of hydrogen-bond acceptors (Lipinski definition) is 5. The Labute approximate surface area is 196 Å². The zero-order valence-corrected chi connectivity index (χ0v) is 20.7. The smallest absolute Gasteiger partial charge is 0.330 e. The summed E-state index contributed by atoms with van der Waals surface area (Å²) in [5, 5.41) is 0. The molecule has 0 saturated heterocycles. The van der Waals surface area contributed by atoms with Gasteiger partial charge in [-0.3, -0.25) is 4.99 Å². The molecule has 0 fully saturated rings. The van der Waals surface area contributed by atoms with E-state index in [2.05, 4.69) is 45.9 Å². The van der Waals surface area contributed by atoms with Gasteiger partial charge in [0.1, 0.15) is 5.60 Å². The van der Waals surface area contributed by atoms with Crippen molar-refractivity contribution in [1.29, 1.82) is 0 Å². The second-order valence-electron chi connectivity index (χ2n) is 10.1. The Morgan fingerprint density at radius 2 is 1.94 bits per heavy atom. The SMILES string of the molecule is CCOc1cc2c(c3c1OC(C)(C)C3)C(c1ccc(/C=C/C(=O)OC)c(C)c1)=NC(C)(C)C2. The molecular weight excluding hydrogens is 414 g/mol. The molecule has 2 aromatic rings. The van der Waals surface area contributed by atoms with Crippen molar-refractivity contribution in [3.05, 3.63) is 63.7 Å². The van der Waals surface area contributed by atoms with Crippen LogP contribution >= 0.6 is 0 Å². The predicted octanol–water partition coefficient (Wildman–Crippen LogP) is 5.47. The monoisotopic (exact) mass is 447 g/mol. The Balaban J connectivity index is 1.86. The second-order valence-corrected chi connectivity index (χ2v) is 10.1. The molecule has 2 aromatic carbocycles. The highest BCUT2D eigenvalue weighted by Crippen LogP contribution is 2.48. The van der Waals surface area contributed by atoms with E-state index < -0.39 is 0 Å². The van der Waals surface area contributed by atoms with E-state index in [1.54, 1.807) is 6.08 Å². The average molecular weight is 448 g/mol. The van der Waals surface area contributed by atoms with Crippen LogP contribution in [0.3, 0.4) is 0 Å². The number of aliphatic imine (C=N–C) groups is 1. The van der Waals surface area contributed by atoms with Crippen LogP contribution in [0.2, 0.25) is 0 Å². The van der Waals surface area contributed by atoms with Crippen LogP contribution in [0, 0.1) is 6.92 Å². The second kappa shape index (κ2) is 8.36. The van der Waals surface area contributed by atoms with Crippen LogP contribution in [0.1, 0.15) is 68.0 Å². The molecule has 0 amide bonds. The largest absolute Gasteiger partial charge is 0.490 e. The van der Waals surface area contributed by atoms with Crippen LogP contribution in [0.4, 0.5) is 0 Å². The first-order valence-electron chi connectivity index (χ1n) is 11.5. The van der Waals surface area contributed by atoms with Crippen molar-refractivity contribution in [1.82, 2.24) is 0 Å². The Kier molecular flexibility index (Phi) is 5.85. The summed E-state index contributed by atoms with van der Waals surface area (Å²) < 4.78 is 17.1. The van der Waals surface area contributed by atoms with Gasteiger partial charge in [0.25, 0.3) is 0 Å². The number of nitrogens with zero attached hydrogens (tertiary/aromatic N) is 1. The van der Waals surface area contributed by atoms with Gasteiger partial charge >= 0.3 is 5.97 Å². The van der Waals surface area contributed by atoms with E-state index in [9.17, 15) is 4.79 Å². The molecule has 0 radical (unpaired) electrons. The number of benzene rings is 2. The number of fused-ring (bicyclic) bond motifs is 3. The Morgan fingerprint density at radius 3 is 2.61 bits per heavy atom. The van der Waals surface area contributed by atoms with E-state index in [-0.39, 0.29) is 17.1 Å². The molecule has 0 saturated carbocycles. The molecule has 33 heavy (non-hydrogen) atoms. The summed E-state index contributed by atoms with van der Waals surface area (Å²) in [4.78, 5) is 16.7. The molecule has 4 rings (SSSR count). The zero-order valence-electron chi connectivity index (χ0n) is 20.7. The van der Waals surface area contributed by atoms with E-state index >= 15 is 0 Å². The normalized spacial score (nSPS) is 17.7. The van der Waals surface area contributed by atoms with Gasteiger partial charge in [-0.1, -0.05) is 12.1 Å². The highest BCUT2D eigenvalue weighted by atomic mass is 16.5. The maximum absolute atomic E-state index is 11.5. The number of esters is 1. The van der Waals surface area contributed by atoms with Crippen molar-refractivity contribution in [2.75, 3.05) is 13.7 Å². The fourth-order valence-corrected chi connectivity index (χ4v) is 4.78. The van der Waals surface area contributed by atoms with Gasteiger partial charge in [-0.2, -0.15) is 0 Å². The fourth-order valence-electron chi connectivity index (χ4n) is 4.78. The first-order valence-corrected chi connectivity index (χ1v) is 11.5. The minimum Gasteiger partial charge on any atom is -0.490 e. The van der Waals surface area contributed by atoms with Crippen LogP contribution in [0.15, 0.2) is 35.3 Å². The lowest BCUT2D eigenvalue weighted by molar-refractivity contribution is -0.134. The number of carbonyl (C=O) groups excluding carboxylic acids is 1. The van der Waals surface area contributed by atoms with Gasteiger partial charge in [0.2, 0.25) is 0 Å². The number of ether oxygens (including phenoxy) is 3. The Hall–Kier alpha value is -3.08. The molecule has 0 N–H and O–H groups in total. The van der Waals surface area contributed by atoms with Crippen LogP contribution in [-0.4, -0.2) is 36.5 Å². The van der Waals surface area contributed by atoms with Gasteiger partial charge < -0.3 is 14.2 Å². The number of methoxy groups -OCH3 is 1. The summed E-state index contributed by atoms with van der Waals surface area (Å²) >= 11 is 0. The molecule has 2 aliphatic heterocycles. The minimum atomic E-state index is -0.367. The summed E-state index contributed by atoms with van der Waals surface area (Å²) in [6.45, 7) is 13.2. The van der Waals surface area contributed by atoms with Gasteiger partial charge in [-0.15, -0.1) is 0 Å². The van der Waals surface area contributed by atoms with E-state index in [1.165, 1.54) is 29.9 Å². The molecule has 0 atom stereocenters. The van der Waals surface area contributed by atoms with Crippen molar-refractivity contribution in [3.63, 3.8) is 0 Å². The molecule has 0 bridgehead atoms. The third-order valence-electron chi connectivity index (χ3n) is 6.12. The lowest BCUT2D eigenvalue weighted by atomic mass is 9.80. The topological polar surface area (TPSA) is 57.1 Å². The van der Waals surface area contributed by atoms with Crippen molar-refractivity contribution in [2.24, 2.45) is 4.99 Å². The van der Waals surface area contributed by atoms with Crippen molar-refractivity contribution in [3.8, 4) is 11.5 Å². The maximum atomic E-state index is 11.5. The van der Waals surface area contributed by atoms with E-state index in [0.29, 0.717) is 6.61 Å². The Bertz CT molecular complexity index is 1170. The molecule has 5 nitrogen and oxygen atoms in total. The van der Waals surface area contributed by atoms with E-state index in [4.69, 9.17) is 19.2 Å². The number of aryl methyl sites for hydroxylation is 1. The van der Waals surface area contributed by atoms with Crippen molar-refractivity contribution >= 4 is 17.8 Å². The molecule has 2 aliphatic rings. The van der Waals surface area contributed by atoms with Gasteiger partial charge in [0.05, 0.1) is 25.0 Å². The number of carbonyl (C=O) groups is 1.